The second-order valence-corrected chi connectivity index (χ2v) is 4.21. The maximum Gasteiger partial charge on any atom is 0.337 e. The fourth-order valence-corrected chi connectivity index (χ4v) is 1.77. The molecule has 2 aromatic carbocycles. The molecule has 0 atom stereocenters. The van der Waals surface area contributed by atoms with E-state index in [1.54, 1.807) is 24.3 Å². The Kier molecular flexibility index (Phi) is 4.20. The van der Waals surface area contributed by atoms with Crippen LogP contribution in [-0.2, 0) is 11.3 Å². The van der Waals surface area contributed by atoms with Gasteiger partial charge in [-0.3, -0.25) is 0 Å². The van der Waals surface area contributed by atoms with E-state index >= 15 is 0 Å². The van der Waals surface area contributed by atoms with E-state index in [4.69, 9.17) is 0 Å². The number of benzene rings is 2. The second-order valence-electron chi connectivity index (χ2n) is 4.21. The van der Waals surface area contributed by atoms with Crippen LogP contribution in [0.5, 0.6) is 5.75 Å². The molecule has 0 aliphatic heterocycles. The zero-order chi connectivity index (χ0) is 14.5. The molecule has 0 unspecified atom stereocenters. The molecule has 0 aromatic heterocycles. The highest BCUT2D eigenvalue weighted by molar-refractivity contribution is 5.90. The highest BCUT2D eigenvalue weighted by atomic mass is 19.1. The third kappa shape index (κ3) is 3.26. The van der Waals surface area contributed by atoms with Crippen molar-refractivity contribution >= 4 is 11.7 Å². The predicted octanol–water partition coefficient (Wildman–Crippen LogP) is 2.93. The van der Waals surface area contributed by atoms with Gasteiger partial charge >= 0.3 is 5.97 Å². The Balaban J connectivity index is 2.14. The van der Waals surface area contributed by atoms with Crippen molar-refractivity contribution in [3.63, 3.8) is 0 Å². The lowest BCUT2D eigenvalue weighted by Gasteiger charge is -2.09. The highest BCUT2D eigenvalue weighted by Gasteiger charge is 2.09. The Hall–Kier alpha value is -2.56. The van der Waals surface area contributed by atoms with Crippen molar-refractivity contribution in [1.29, 1.82) is 0 Å². The topological polar surface area (TPSA) is 58.6 Å². The number of methoxy groups -OCH3 is 1. The van der Waals surface area contributed by atoms with Gasteiger partial charge in [0.05, 0.1) is 18.4 Å². The molecule has 0 saturated carbocycles. The Bertz CT molecular complexity index is 628. The summed E-state index contributed by atoms with van der Waals surface area (Å²) in [5, 5.41) is 12.2. The Morgan fingerprint density at radius 1 is 1.30 bits per heavy atom. The maximum atomic E-state index is 13.7. The van der Waals surface area contributed by atoms with Gasteiger partial charge in [0.1, 0.15) is 11.6 Å². The molecule has 0 bridgehead atoms. The molecule has 2 N–H and O–H groups in total. The van der Waals surface area contributed by atoms with Crippen LogP contribution in [0.25, 0.3) is 0 Å². The van der Waals surface area contributed by atoms with Crippen LogP contribution in [0, 0.1) is 5.82 Å². The minimum Gasteiger partial charge on any atom is -0.508 e. The normalized spacial score (nSPS) is 10.1. The van der Waals surface area contributed by atoms with Crippen molar-refractivity contribution in [2.75, 3.05) is 12.4 Å². The summed E-state index contributed by atoms with van der Waals surface area (Å²) in [6.07, 6.45) is 0. The lowest BCUT2D eigenvalue weighted by atomic mass is 10.1. The summed E-state index contributed by atoms with van der Waals surface area (Å²) in [7, 11) is 1.27. The van der Waals surface area contributed by atoms with Gasteiger partial charge < -0.3 is 15.2 Å². The van der Waals surface area contributed by atoms with E-state index in [1.165, 1.54) is 25.3 Å². The lowest BCUT2D eigenvalue weighted by molar-refractivity contribution is 0.0600. The summed E-state index contributed by atoms with van der Waals surface area (Å²) in [6, 6.07) is 10.6. The van der Waals surface area contributed by atoms with Gasteiger partial charge in [-0.1, -0.05) is 12.1 Å². The fraction of sp³-hybridized carbons (Fsp3) is 0.133. The lowest BCUT2D eigenvalue weighted by Crippen LogP contribution is -2.05. The number of aromatic hydroxyl groups is 1. The number of ether oxygens (including phenoxy) is 1. The van der Waals surface area contributed by atoms with E-state index in [1.807, 2.05) is 0 Å². The molecule has 0 heterocycles. The molecule has 0 radical (unpaired) electrons. The van der Waals surface area contributed by atoms with E-state index in [0.29, 0.717) is 6.54 Å². The highest BCUT2D eigenvalue weighted by Crippen LogP contribution is 2.19. The molecule has 104 valence electrons. The number of carbonyl (C=O) groups excluding carboxylic acids is 1. The number of nitrogens with one attached hydrogen (secondary N) is 1. The van der Waals surface area contributed by atoms with Gasteiger partial charge in [-0.25, -0.2) is 9.18 Å². The molecule has 5 heteroatoms. The third-order valence-corrected chi connectivity index (χ3v) is 2.78. The van der Waals surface area contributed by atoms with Crippen LogP contribution in [0.3, 0.4) is 0 Å². The summed E-state index contributed by atoms with van der Waals surface area (Å²) < 4.78 is 18.2. The van der Waals surface area contributed by atoms with Gasteiger partial charge in [0.2, 0.25) is 0 Å². The van der Waals surface area contributed by atoms with Crippen LogP contribution in [0.2, 0.25) is 0 Å². The summed E-state index contributed by atoms with van der Waals surface area (Å²) in [6.45, 7) is 0.329. The largest absolute Gasteiger partial charge is 0.508 e. The number of phenols is 1. The number of rotatable bonds is 4. The Morgan fingerprint density at radius 2 is 2.10 bits per heavy atom. The molecule has 0 aliphatic carbocycles. The summed E-state index contributed by atoms with van der Waals surface area (Å²) >= 11 is 0. The van der Waals surface area contributed by atoms with Crippen LogP contribution >= 0.6 is 0 Å². The quantitative estimate of drug-likeness (QED) is 0.842. The van der Waals surface area contributed by atoms with Crippen molar-refractivity contribution in [3.05, 3.63) is 59.4 Å². The van der Waals surface area contributed by atoms with Gasteiger partial charge in [0.25, 0.3) is 0 Å². The van der Waals surface area contributed by atoms with E-state index in [0.717, 1.165) is 5.56 Å². The van der Waals surface area contributed by atoms with E-state index in [2.05, 4.69) is 10.1 Å². The number of hydrogen-bond acceptors (Lipinski definition) is 4. The van der Waals surface area contributed by atoms with Crippen molar-refractivity contribution in [2.45, 2.75) is 6.54 Å². The van der Waals surface area contributed by atoms with Gasteiger partial charge in [0, 0.05) is 6.54 Å². The van der Waals surface area contributed by atoms with Crippen molar-refractivity contribution in [3.8, 4) is 5.75 Å². The molecule has 20 heavy (non-hydrogen) atoms. The maximum absolute atomic E-state index is 13.7. The van der Waals surface area contributed by atoms with Crippen molar-refractivity contribution in [2.24, 2.45) is 0 Å². The zero-order valence-corrected chi connectivity index (χ0v) is 10.9. The molecular weight excluding hydrogens is 261 g/mol. The van der Waals surface area contributed by atoms with Gasteiger partial charge in [0.15, 0.2) is 0 Å². The van der Waals surface area contributed by atoms with Gasteiger partial charge in [-0.15, -0.1) is 0 Å². The number of esters is 1. The third-order valence-electron chi connectivity index (χ3n) is 2.78. The first-order valence-electron chi connectivity index (χ1n) is 6.00. The number of anilines is 1. The minimum absolute atomic E-state index is 0.146. The minimum atomic E-state index is -0.523. The van der Waals surface area contributed by atoms with Crippen LogP contribution < -0.4 is 5.32 Å². The molecule has 0 amide bonds. The van der Waals surface area contributed by atoms with Crippen LogP contribution in [0.4, 0.5) is 10.1 Å². The van der Waals surface area contributed by atoms with Crippen LogP contribution in [-0.4, -0.2) is 18.2 Å². The zero-order valence-electron chi connectivity index (χ0n) is 10.9. The average Bonchev–Trinajstić information content (AvgIpc) is 2.45. The van der Waals surface area contributed by atoms with Crippen LogP contribution in [0.1, 0.15) is 15.9 Å². The first kappa shape index (κ1) is 13.9. The molecule has 0 saturated heterocycles. The predicted molar refractivity (Wildman–Crippen MR) is 73.2 cm³/mol. The van der Waals surface area contributed by atoms with Crippen LogP contribution in [0.15, 0.2) is 42.5 Å². The number of carbonyl (C=O) groups is 1. The fourth-order valence-electron chi connectivity index (χ4n) is 1.77. The summed E-state index contributed by atoms with van der Waals surface area (Å²) in [4.78, 5) is 11.4. The van der Waals surface area contributed by atoms with Crippen molar-refractivity contribution in [1.82, 2.24) is 0 Å². The smallest absolute Gasteiger partial charge is 0.337 e. The SMILES string of the molecule is COC(=O)c1ccc(F)c(NCc2cccc(O)c2)c1. The molecular formula is C15H14FNO3. The first-order chi connectivity index (χ1) is 9.60. The number of hydrogen-bond donors (Lipinski definition) is 2. The molecule has 2 aromatic rings. The summed E-state index contributed by atoms with van der Waals surface area (Å²) in [5.41, 5.74) is 1.27. The van der Waals surface area contributed by atoms with Crippen molar-refractivity contribution < 1.29 is 19.0 Å². The van der Waals surface area contributed by atoms with E-state index in [9.17, 15) is 14.3 Å². The molecule has 4 nitrogen and oxygen atoms in total. The summed E-state index contributed by atoms with van der Waals surface area (Å²) in [5.74, 6) is -0.837. The molecule has 0 aliphatic rings. The molecule has 0 fully saturated rings. The second kappa shape index (κ2) is 6.06. The average molecular weight is 275 g/mol. The first-order valence-corrected chi connectivity index (χ1v) is 6.00. The number of phenolic OH excluding ortho intramolecular Hbond substituents is 1. The van der Waals surface area contributed by atoms with E-state index < -0.39 is 11.8 Å². The molecule has 0 spiro atoms. The standard InChI is InChI=1S/C15H14FNO3/c1-20-15(19)11-5-6-13(16)14(8-11)17-9-10-3-2-4-12(18)7-10/h2-8,17-18H,9H2,1H3. The monoisotopic (exact) mass is 275 g/mol. The van der Waals surface area contributed by atoms with E-state index in [-0.39, 0.29) is 17.0 Å². The Labute approximate surface area is 115 Å². The Morgan fingerprint density at radius 3 is 2.80 bits per heavy atom. The number of halogens is 1. The van der Waals surface area contributed by atoms with Gasteiger partial charge in [-0.2, -0.15) is 0 Å². The molecule has 2 rings (SSSR count). The van der Waals surface area contributed by atoms with Gasteiger partial charge in [-0.05, 0) is 35.9 Å².